The number of nitrogens with zero attached hydrogens (tertiary/aromatic N) is 4. The quantitative estimate of drug-likeness (QED) is 0.517. The highest BCUT2D eigenvalue weighted by atomic mass is 32.1. The molecule has 4 aromatic rings. The molecule has 144 valence electrons. The molecular formula is C20H20N4O3S. The molecule has 0 atom stereocenters. The van der Waals surface area contributed by atoms with Crippen LogP contribution >= 0.6 is 11.3 Å². The van der Waals surface area contributed by atoms with Crippen LogP contribution in [0, 0.1) is 5.92 Å². The van der Waals surface area contributed by atoms with Crippen molar-refractivity contribution in [3.8, 4) is 11.3 Å². The van der Waals surface area contributed by atoms with Gasteiger partial charge in [0.15, 0.2) is 5.65 Å². The molecule has 0 amide bonds. The number of fused-ring (bicyclic) bond motifs is 2. The number of rotatable bonds is 3. The fraction of sp³-hybridized carbons (Fsp3) is 0.350. The van der Waals surface area contributed by atoms with Gasteiger partial charge in [-0.2, -0.15) is 5.10 Å². The predicted octanol–water partition coefficient (Wildman–Crippen LogP) is 2.81. The van der Waals surface area contributed by atoms with Gasteiger partial charge in [-0.15, -0.1) is 11.3 Å². The SMILES string of the molecule is Cn1cc2cc(-c3ccc4cc(C(O)(O)C5CCOCC5)sc4n3)cnc2n1. The van der Waals surface area contributed by atoms with Crippen LogP contribution in [0.4, 0.5) is 0 Å². The van der Waals surface area contributed by atoms with Crippen LogP contribution in [0.25, 0.3) is 32.5 Å². The Kier molecular flexibility index (Phi) is 4.17. The molecule has 28 heavy (non-hydrogen) atoms. The Morgan fingerprint density at radius 1 is 1.18 bits per heavy atom. The molecular weight excluding hydrogens is 376 g/mol. The van der Waals surface area contributed by atoms with Crippen LogP contribution < -0.4 is 0 Å². The summed E-state index contributed by atoms with van der Waals surface area (Å²) in [4.78, 5) is 10.5. The first kappa shape index (κ1) is 17.7. The third-order valence-electron chi connectivity index (χ3n) is 5.31. The van der Waals surface area contributed by atoms with Crippen molar-refractivity contribution in [2.24, 2.45) is 13.0 Å². The maximum Gasteiger partial charge on any atom is 0.202 e. The average Bonchev–Trinajstić information content (AvgIpc) is 3.30. The molecule has 1 aliphatic heterocycles. The van der Waals surface area contributed by atoms with E-state index in [0.717, 1.165) is 26.9 Å². The highest BCUT2D eigenvalue weighted by Gasteiger charge is 2.38. The predicted molar refractivity (Wildman–Crippen MR) is 107 cm³/mol. The Morgan fingerprint density at radius 3 is 2.82 bits per heavy atom. The van der Waals surface area contributed by atoms with E-state index in [1.54, 1.807) is 10.9 Å². The molecule has 0 aliphatic carbocycles. The van der Waals surface area contributed by atoms with Gasteiger partial charge in [-0.1, -0.05) is 0 Å². The number of aromatic nitrogens is 4. The van der Waals surface area contributed by atoms with Crippen LogP contribution in [-0.4, -0.2) is 43.2 Å². The largest absolute Gasteiger partial charge is 0.381 e. The Balaban J connectivity index is 1.52. The Labute approximate surface area is 165 Å². The summed E-state index contributed by atoms with van der Waals surface area (Å²) in [6, 6.07) is 7.74. The molecule has 0 radical (unpaired) electrons. The molecule has 5 rings (SSSR count). The Hall–Kier alpha value is -2.39. The molecule has 0 aromatic carbocycles. The molecule has 0 spiro atoms. The minimum atomic E-state index is -1.86. The van der Waals surface area contributed by atoms with E-state index in [1.165, 1.54) is 11.3 Å². The van der Waals surface area contributed by atoms with E-state index in [4.69, 9.17) is 9.72 Å². The van der Waals surface area contributed by atoms with Gasteiger partial charge in [-0.25, -0.2) is 9.97 Å². The minimum absolute atomic E-state index is 0.231. The summed E-state index contributed by atoms with van der Waals surface area (Å²) < 4.78 is 7.08. The second-order valence-electron chi connectivity index (χ2n) is 7.25. The van der Waals surface area contributed by atoms with Crippen molar-refractivity contribution in [1.29, 1.82) is 0 Å². The van der Waals surface area contributed by atoms with E-state index < -0.39 is 5.79 Å². The van der Waals surface area contributed by atoms with Gasteiger partial charge in [-0.3, -0.25) is 4.68 Å². The van der Waals surface area contributed by atoms with Gasteiger partial charge in [0.05, 0.1) is 10.6 Å². The maximum atomic E-state index is 10.8. The molecule has 0 saturated carbocycles. The number of ether oxygens (including phenoxy) is 1. The summed E-state index contributed by atoms with van der Waals surface area (Å²) in [6.07, 6.45) is 4.96. The van der Waals surface area contributed by atoms with Gasteiger partial charge in [0.2, 0.25) is 5.79 Å². The lowest BCUT2D eigenvalue weighted by Gasteiger charge is -2.33. The van der Waals surface area contributed by atoms with Crippen LogP contribution in [0.5, 0.6) is 0 Å². The van der Waals surface area contributed by atoms with Crippen LogP contribution in [-0.2, 0) is 17.6 Å². The van der Waals surface area contributed by atoms with Gasteiger partial charge in [-0.05, 0) is 37.1 Å². The third-order valence-corrected chi connectivity index (χ3v) is 6.46. The highest BCUT2D eigenvalue weighted by Crippen LogP contribution is 2.39. The summed E-state index contributed by atoms with van der Waals surface area (Å²) >= 11 is 1.33. The average molecular weight is 396 g/mol. The lowest BCUT2D eigenvalue weighted by Crippen LogP contribution is -2.37. The van der Waals surface area contributed by atoms with Crippen molar-refractivity contribution >= 4 is 32.6 Å². The minimum Gasteiger partial charge on any atom is -0.381 e. The molecule has 0 bridgehead atoms. The molecule has 2 N–H and O–H groups in total. The zero-order chi connectivity index (χ0) is 19.3. The lowest BCUT2D eigenvalue weighted by molar-refractivity contribution is -0.222. The number of hydrogen-bond donors (Lipinski definition) is 2. The summed E-state index contributed by atoms with van der Waals surface area (Å²) in [7, 11) is 1.87. The second-order valence-corrected chi connectivity index (χ2v) is 8.28. The monoisotopic (exact) mass is 396 g/mol. The molecule has 1 fully saturated rings. The van der Waals surface area contributed by atoms with Crippen molar-refractivity contribution in [3.63, 3.8) is 0 Å². The molecule has 1 aliphatic rings. The molecule has 0 unspecified atom stereocenters. The molecule has 1 saturated heterocycles. The van der Waals surface area contributed by atoms with E-state index in [0.29, 0.717) is 36.6 Å². The number of pyridine rings is 2. The topological polar surface area (TPSA) is 93.3 Å². The first-order valence-corrected chi connectivity index (χ1v) is 10.1. The molecule has 4 aromatic heterocycles. The fourth-order valence-electron chi connectivity index (χ4n) is 3.73. The van der Waals surface area contributed by atoms with E-state index in [2.05, 4.69) is 10.1 Å². The second kappa shape index (κ2) is 6.59. The zero-order valence-electron chi connectivity index (χ0n) is 15.4. The maximum absolute atomic E-state index is 10.8. The lowest BCUT2D eigenvalue weighted by atomic mass is 9.89. The van der Waals surface area contributed by atoms with E-state index >= 15 is 0 Å². The van der Waals surface area contributed by atoms with Crippen LogP contribution in [0.3, 0.4) is 0 Å². The van der Waals surface area contributed by atoms with Gasteiger partial charge in [0, 0.05) is 54.9 Å². The highest BCUT2D eigenvalue weighted by molar-refractivity contribution is 7.18. The summed E-state index contributed by atoms with van der Waals surface area (Å²) in [5.74, 6) is -2.09. The standard InChI is InChI=1S/C20H20N4O3S/c1-24-11-14-8-13(10-21-18(14)23-24)16-3-2-12-9-17(28-19(12)22-16)20(25,26)15-4-6-27-7-5-15/h2-3,8-11,15,25-26H,4-7H2,1H3. The van der Waals surface area contributed by atoms with Crippen molar-refractivity contribution in [2.45, 2.75) is 18.6 Å². The summed E-state index contributed by atoms with van der Waals surface area (Å²) in [5, 5.41) is 27.7. The smallest absolute Gasteiger partial charge is 0.202 e. The summed E-state index contributed by atoms with van der Waals surface area (Å²) in [5.41, 5.74) is 2.40. The van der Waals surface area contributed by atoms with Crippen molar-refractivity contribution in [3.05, 3.63) is 41.5 Å². The summed E-state index contributed by atoms with van der Waals surface area (Å²) in [6.45, 7) is 1.12. The van der Waals surface area contributed by atoms with Gasteiger partial charge in [0.25, 0.3) is 0 Å². The number of aliphatic hydroxyl groups is 2. The van der Waals surface area contributed by atoms with E-state index in [1.807, 2.05) is 37.5 Å². The van der Waals surface area contributed by atoms with E-state index in [-0.39, 0.29) is 5.92 Å². The first-order valence-electron chi connectivity index (χ1n) is 9.24. The number of aryl methyl sites for hydroxylation is 1. The molecule has 5 heterocycles. The van der Waals surface area contributed by atoms with Crippen LogP contribution in [0.1, 0.15) is 17.7 Å². The normalized spacial score (nSPS) is 16.2. The third kappa shape index (κ3) is 2.98. The van der Waals surface area contributed by atoms with Gasteiger partial charge in [0.1, 0.15) is 4.83 Å². The van der Waals surface area contributed by atoms with Gasteiger partial charge >= 0.3 is 0 Å². The fourth-order valence-corrected chi connectivity index (χ4v) is 4.83. The Bertz CT molecular complexity index is 1160. The van der Waals surface area contributed by atoms with Crippen LogP contribution in [0.15, 0.2) is 36.7 Å². The Morgan fingerprint density at radius 2 is 2.00 bits per heavy atom. The van der Waals surface area contributed by atoms with Crippen molar-refractivity contribution in [2.75, 3.05) is 13.2 Å². The van der Waals surface area contributed by atoms with E-state index in [9.17, 15) is 10.2 Å². The number of thiophene rings is 1. The van der Waals surface area contributed by atoms with Crippen LogP contribution in [0.2, 0.25) is 0 Å². The zero-order valence-corrected chi connectivity index (χ0v) is 16.2. The molecule has 7 nitrogen and oxygen atoms in total. The number of hydrogen-bond acceptors (Lipinski definition) is 7. The van der Waals surface area contributed by atoms with Crippen molar-refractivity contribution < 1.29 is 14.9 Å². The van der Waals surface area contributed by atoms with Crippen molar-refractivity contribution in [1.82, 2.24) is 19.7 Å². The molecule has 8 heteroatoms. The first-order chi connectivity index (χ1) is 13.5. The van der Waals surface area contributed by atoms with Gasteiger partial charge < -0.3 is 14.9 Å².